The van der Waals surface area contributed by atoms with Crippen molar-refractivity contribution >= 4 is 33.4 Å². The molecule has 2 rings (SSSR count). The van der Waals surface area contributed by atoms with Crippen LogP contribution in [-0.2, 0) is 6.54 Å². The molecule has 1 aromatic carbocycles. The molecule has 0 atom stereocenters. The van der Waals surface area contributed by atoms with Gasteiger partial charge < -0.3 is 9.67 Å². The summed E-state index contributed by atoms with van der Waals surface area (Å²) in [6.07, 6.45) is -11.1. The van der Waals surface area contributed by atoms with E-state index in [1.54, 1.807) is 28.7 Å². The molecule has 126 valence electrons. The highest BCUT2D eigenvalue weighted by atomic mass is 127. The predicted octanol–water partition coefficient (Wildman–Crippen LogP) is 3.46. The second-order valence-electron chi connectivity index (χ2n) is 4.81. The Morgan fingerprint density at radius 2 is 1.48 bits per heavy atom. The van der Waals surface area contributed by atoms with Crippen molar-refractivity contribution in [3.05, 3.63) is 44.4 Å². The molecule has 0 amide bonds. The van der Waals surface area contributed by atoms with Crippen molar-refractivity contribution < 1.29 is 31.4 Å². The van der Waals surface area contributed by atoms with Gasteiger partial charge in [-0.05, 0) is 28.7 Å². The fourth-order valence-corrected chi connectivity index (χ4v) is 2.81. The lowest BCUT2D eigenvalue weighted by atomic mass is 10.0. The quantitative estimate of drug-likeness (QED) is 0.562. The maximum atomic E-state index is 12.7. The molecule has 0 bridgehead atoms. The third-order valence-electron chi connectivity index (χ3n) is 3.28. The summed E-state index contributed by atoms with van der Waals surface area (Å²) >= 11 is 1.69. The first-order chi connectivity index (χ1) is 10.4. The van der Waals surface area contributed by atoms with E-state index in [0.717, 1.165) is 6.20 Å². The Balaban J connectivity index is 2.66. The number of aliphatic hydroxyl groups is 1. The van der Waals surface area contributed by atoms with Crippen molar-refractivity contribution in [1.29, 1.82) is 0 Å². The minimum Gasteiger partial charge on any atom is -0.372 e. The number of pyridine rings is 1. The first-order valence-electron chi connectivity index (χ1n) is 6.02. The van der Waals surface area contributed by atoms with Gasteiger partial charge >= 0.3 is 12.4 Å². The van der Waals surface area contributed by atoms with Gasteiger partial charge in [-0.3, -0.25) is 4.79 Å². The number of benzene rings is 1. The molecule has 0 saturated heterocycles. The number of hydrogen-bond donors (Lipinski definition) is 1. The lowest BCUT2D eigenvalue weighted by molar-refractivity contribution is -0.372. The van der Waals surface area contributed by atoms with Gasteiger partial charge in [-0.1, -0.05) is 18.2 Å². The largest absolute Gasteiger partial charge is 0.428 e. The molecule has 0 unspecified atom stereocenters. The number of alkyl halides is 6. The van der Waals surface area contributed by atoms with Crippen LogP contribution in [0.25, 0.3) is 10.8 Å². The molecule has 1 aromatic heterocycles. The van der Waals surface area contributed by atoms with Crippen LogP contribution in [0.15, 0.2) is 35.3 Å². The molecule has 2 aromatic rings. The molecule has 10 heteroatoms. The van der Waals surface area contributed by atoms with Gasteiger partial charge in [-0.2, -0.15) is 26.3 Å². The van der Waals surface area contributed by atoms with Gasteiger partial charge in [0.05, 0.1) is 6.54 Å². The van der Waals surface area contributed by atoms with E-state index in [9.17, 15) is 36.2 Å². The van der Waals surface area contributed by atoms with Gasteiger partial charge in [-0.15, -0.1) is 0 Å². The molecule has 0 fully saturated rings. The summed E-state index contributed by atoms with van der Waals surface area (Å²) in [7, 11) is 0. The standard InChI is InChI=1S/C13H8F6INO2/c14-12(15,16)11(23,13(17,18)19)6-21-5-9(20)7-3-1-2-4-8(7)10(21)22/h1-5,23H,6H2. The molecule has 0 aliphatic heterocycles. The highest BCUT2D eigenvalue weighted by molar-refractivity contribution is 14.1. The number of fused-ring (bicyclic) bond motifs is 1. The van der Waals surface area contributed by atoms with Gasteiger partial charge in [0.2, 0.25) is 0 Å². The Morgan fingerprint density at radius 3 is 1.96 bits per heavy atom. The van der Waals surface area contributed by atoms with Crippen LogP contribution in [0.4, 0.5) is 26.3 Å². The van der Waals surface area contributed by atoms with Crippen LogP contribution in [0, 0.1) is 3.57 Å². The van der Waals surface area contributed by atoms with Crippen LogP contribution in [0.1, 0.15) is 0 Å². The van der Waals surface area contributed by atoms with Crippen LogP contribution in [0.2, 0.25) is 0 Å². The molecule has 23 heavy (non-hydrogen) atoms. The van der Waals surface area contributed by atoms with Crippen LogP contribution in [0.5, 0.6) is 0 Å². The van der Waals surface area contributed by atoms with E-state index < -0.39 is 30.1 Å². The lowest BCUT2D eigenvalue weighted by Crippen LogP contribution is -2.60. The Hall–Kier alpha value is -1.30. The molecule has 0 aliphatic rings. The Bertz CT molecular complexity index is 782. The first-order valence-corrected chi connectivity index (χ1v) is 7.10. The third kappa shape index (κ3) is 3.05. The molecule has 0 aliphatic carbocycles. The second-order valence-corrected chi connectivity index (χ2v) is 5.97. The van der Waals surface area contributed by atoms with Crippen LogP contribution < -0.4 is 5.56 Å². The van der Waals surface area contributed by atoms with E-state index in [1.807, 2.05) is 0 Å². The summed E-state index contributed by atoms with van der Waals surface area (Å²) in [5, 5.41) is 9.58. The van der Waals surface area contributed by atoms with Crippen LogP contribution >= 0.6 is 22.6 Å². The van der Waals surface area contributed by atoms with E-state index in [0.29, 0.717) is 5.39 Å². The summed E-state index contributed by atoms with van der Waals surface area (Å²) < 4.78 is 77.0. The predicted molar refractivity (Wildman–Crippen MR) is 78.0 cm³/mol. The van der Waals surface area contributed by atoms with E-state index in [4.69, 9.17) is 0 Å². The van der Waals surface area contributed by atoms with E-state index in [1.165, 1.54) is 18.2 Å². The lowest BCUT2D eigenvalue weighted by Gasteiger charge is -2.32. The van der Waals surface area contributed by atoms with Gasteiger partial charge in [0.15, 0.2) is 0 Å². The number of hydrogen-bond acceptors (Lipinski definition) is 2. The van der Waals surface area contributed by atoms with Crippen molar-refractivity contribution in [3.63, 3.8) is 0 Å². The van der Waals surface area contributed by atoms with Crippen LogP contribution in [0.3, 0.4) is 0 Å². The van der Waals surface area contributed by atoms with Crippen molar-refractivity contribution in [2.24, 2.45) is 0 Å². The Morgan fingerprint density at radius 1 is 1.00 bits per heavy atom. The number of halogens is 7. The molecule has 1 heterocycles. The fraction of sp³-hybridized carbons (Fsp3) is 0.308. The average Bonchev–Trinajstić information content (AvgIpc) is 2.42. The minimum atomic E-state index is -5.98. The molecule has 0 spiro atoms. The van der Waals surface area contributed by atoms with Gasteiger partial charge in [-0.25, -0.2) is 0 Å². The van der Waals surface area contributed by atoms with Crippen LogP contribution in [-0.4, -0.2) is 27.6 Å². The number of nitrogens with zero attached hydrogens (tertiary/aromatic N) is 1. The molecular weight excluding hydrogens is 443 g/mol. The highest BCUT2D eigenvalue weighted by Crippen LogP contribution is 2.44. The van der Waals surface area contributed by atoms with E-state index in [-0.39, 0.29) is 13.5 Å². The van der Waals surface area contributed by atoms with E-state index in [2.05, 4.69) is 0 Å². The smallest absolute Gasteiger partial charge is 0.372 e. The molecule has 0 saturated carbocycles. The fourth-order valence-electron chi connectivity index (χ4n) is 2.00. The molecular formula is C13H8F6INO2. The first kappa shape index (κ1) is 18.0. The van der Waals surface area contributed by atoms with Gasteiger partial charge in [0, 0.05) is 20.5 Å². The Kier molecular flexibility index (Phi) is 4.43. The minimum absolute atomic E-state index is 0.0360. The normalized spacial score (nSPS) is 13.6. The molecule has 1 N–H and O–H groups in total. The van der Waals surface area contributed by atoms with Gasteiger partial charge in [0.25, 0.3) is 11.2 Å². The molecule has 3 nitrogen and oxygen atoms in total. The van der Waals surface area contributed by atoms with E-state index >= 15 is 0 Å². The zero-order valence-electron chi connectivity index (χ0n) is 11.0. The summed E-state index contributed by atoms with van der Waals surface area (Å²) in [6, 6.07) is 5.82. The summed E-state index contributed by atoms with van der Waals surface area (Å²) in [5.41, 5.74) is -6.07. The second kappa shape index (κ2) is 5.65. The molecule has 0 radical (unpaired) electrons. The Labute approximate surface area is 138 Å². The zero-order chi connectivity index (χ0) is 17.6. The van der Waals surface area contributed by atoms with Crippen molar-refractivity contribution in [3.8, 4) is 0 Å². The summed E-state index contributed by atoms with van der Waals surface area (Å²) in [4.78, 5) is 12.1. The average molecular weight is 451 g/mol. The summed E-state index contributed by atoms with van der Waals surface area (Å²) in [5.74, 6) is 0. The van der Waals surface area contributed by atoms with Gasteiger partial charge in [0.1, 0.15) is 0 Å². The topological polar surface area (TPSA) is 42.2 Å². The maximum Gasteiger partial charge on any atom is 0.428 e. The highest BCUT2D eigenvalue weighted by Gasteiger charge is 2.70. The van der Waals surface area contributed by atoms with Crippen molar-refractivity contribution in [2.45, 2.75) is 24.5 Å². The monoisotopic (exact) mass is 451 g/mol. The van der Waals surface area contributed by atoms with Crippen molar-refractivity contribution in [2.75, 3.05) is 0 Å². The number of rotatable bonds is 2. The van der Waals surface area contributed by atoms with Crippen molar-refractivity contribution in [1.82, 2.24) is 4.57 Å². The number of aromatic nitrogens is 1. The maximum absolute atomic E-state index is 12.7. The third-order valence-corrected chi connectivity index (χ3v) is 4.14. The zero-order valence-corrected chi connectivity index (χ0v) is 13.2. The summed E-state index contributed by atoms with van der Waals surface area (Å²) in [6.45, 7) is -1.97. The SMILES string of the molecule is O=c1c2ccccc2c(I)cn1CC(O)(C(F)(F)F)C(F)(F)F.